The van der Waals surface area contributed by atoms with Crippen LogP contribution in [0.3, 0.4) is 0 Å². The van der Waals surface area contributed by atoms with E-state index in [1.54, 1.807) is 14.2 Å². The summed E-state index contributed by atoms with van der Waals surface area (Å²) in [6.45, 7) is 4.79. The van der Waals surface area contributed by atoms with Crippen molar-refractivity contribution in [1.29, 1.82) is 0 Å². The highest BCUT2D eigenvalue weighted by atomic mass is 16.5. The molecule has 1 fully saturated rings. The molecule has 1 N–H and O–H groups in total. The second-order valence-electron chi connectivity index (χ2n) is 4.87. The predicted molar refractivity (Wildman–Crippen MR) is 76.0 cm³/mol. The van der Waals surface area contributed by atoms with Gasteiger partial charge in [0.2, 0.25) is 0 Å². The van der Waals surface area contributed by atoms with E-state index in [4.69, 9.17) is 14.2 Å². The predicted octanol–water partition coefficient (Wildman–Crippen LogP) is 2.61. The summed E-state index contributed by atoms with van der Waals surface area (Å²) in [6, 6.07) is 6.43. The summed E-state index contributed by atoms with van der Waals surface area (Å²) in [5.41, 5.74) is 2.22. The number of hydrogen-bond donors (Lipinski definition) is 1. The molecular weight excluding hydrogens is 242 g/mol. The highest BCUT2D eigenvalue weighted by molar-refractivity contribution is 5.52. The lowest BCUT2D eigenvalue weighted by molar-refractivity contribution is -0.118. The van der Waals surface area contributed by atoms with Crippen molar-refractivity contribution >= 4 is 5.69 Å². The Morgan fingerprint density at radius 3 is 2.68 bits per heavy atom. The molecule has 106 valence electrons. The minimum atomic E-state index is 0.127. The lowest BCUT2D eigenvalue weighted by atomic mass is 9.85. The van der Waals surface area contributed by atoms with Crippen LogP contribution in [0.25, 0.3) is 0 Å². The zero-order valence-corrected chi connectivity index (χ0v) is 12.1. The third-order valence-electron chi connectivity index (χ3n) is 3.65. The van der Waals surface area contributed by atoms with Gasteiger partial charge in [-0.25, -0.2) is 0 Å². The summed E-state index contributed by atoms with van der Waals surface area (Å²) in [5, 5.41) is 3.50. The molecule has 1 aliphatic rings. The second-order valence-corrected chi connectivity index (χ2v) is 4.87. The first kappa shape index (κ1) is 14.2. The Labute approximate surface area is 115 Å². The van der Waals surface area contributed by atoms with Crippen LogP contribution in [-0.2, 0) is 9.47 Å². The van der Waals surface area contributed by atoms with Crippen LogP contribution in [-0.4, -0.2) is 39.1 Å². The number of anilines is 1. The molecule has 1 aromatic carbocycles. The van der Waals surface area contributed by atoms with Crippen LogP contribution in [0.5, 0.6) is 5.75 Å². The fourth-order valence-corrected chi connectivity index (χ4v) is 2.60. The van der Waals surface area contributed by atoms with Crippen molar-refractivity contribution in [2.24, 2.45) is 0 Å². The van der Waals surface area contributed by atoms with Gasteiger partial charge in [0.05, 0.1) is 19.3 Å². The Hall–Kier alpha value is -1.26. The van der Waals surface area contributed by atoms with Crippen LogP contribution in [0.2, 0.25) is 0 Å². The van der Waals surface area contributed by atoms with Crippen molar-refractivity contribution < 1.29 is 14.2 Å². The Kier molecular flexibility index (Phi) is 4.66. The molecule has 1 aliphatic carbocycles. The van der Waals surface area contributed by atoms with Crippen molar-refractivity contribution in [2.45, 2.75) is 38.5 Å². The number of hydrogen-bond acceptors (Lipinski definition) is 4. The van der Waals surface area contributed by atoms with E-state index in [-0.39, 0.29) is 12.2 Å². The number of benzene rings is 1. The van der Waals surface area contributed by atoms with Crippen LogP contribution in [0.1, 0.15) is 18.9 Å². The molecule has 1 aromatic rings. The van der Waals surface area contributed by atoms with E-state index < -0.39 is 0 Å². The molecule has 2 rings (SSSR count). The maximum Gasteiger partial charge on any atom is 0.121 e. The van der Waals surface area contributed by atoms with Gasteiger partial charge >= 0.3 is 0 Å². The molecule has 0 aliphatic heterocycles. The SMILES string of the molecule is CCOC1CC(Nc2ccc(OC)c(C)c2)C1OC. The fourth-order valence-electron chi connectivity index (χ4n) is 2.60. The fraction of sp³-hybridized carbons (Fsp3) is 0.600. The molecule has 0 radical (unpaired) electrons. The van der Waals surface area contributed by atoms with Gasteiger partial charge in [0.25, 0.3) is 0 Å². The molecule has 0 heterocycles. The maximum absolute atomic E-state index is 5.62. The highest BCUT2D eigenvalue weighted by Gasteiger charge is 2.42. The van der Waals surface area contributed by atoms with E-state index in [1.807, 2.05) is 26.0 Å². The summed E-state index contributed by atoms with van der Waals surface area (Å²) in [6.07, 6.45) is 1.33. The van der Waals surface area contributed by atoms with Gasteiger partial charge in [-0.2, -0.15) is 0 Å². The number of aryl methyl sites for hydroxylation is 1. The van der Waals surface area contributed by atoms with Crippen LogP contribution in [0, 0.1) is 6.92 Å². The summed E-state index contributed by atoms with van der Waals surface area (Å²) in [7, 11) is 3.43. The molecule has 4 nitrogen and oxygen atoms in total. The minimum Gasteiger partial charge on any atom is -0.496 e. The summed E-state index contributed by atoms with van der Waals surface area (Å²) in [5.74, 6) is 0.912. The quantitative estimate of drug-likeness (QED) is 0.858. The Morgan fingerprint density at radius 1 is 1.32 bits per heavy atom. The molecule has 0 aromatic heterocycles. The second kappa shape index (κ2) is 6.26. The third-order valence-corrected chi connectivity index (χ3v) is 3.65. The third kappa shape index (κ3) is 3.01. The van der Waals surface area contributed by atoms with Gasteiger partial charge in [-0.1, -0.05) is 0 Å². The smallest absolute Gasteiger partial charge is 0.121 e. The average molecular weight is 265 g/mol. The molecule has 19 heavy (non-hydrogen) atoms. The summed E-state index contributed by atoms with van der Waals surface area (Å²) >= 11 is 0. The van der Waals surface area contributed by atoms with E-state index in [0.717, 1.165) is 30.0 Å². The monoisotopic (exact) mass is 265 g/mol. The standard InChI is InChI=1S/C15H23NO3/c1-5-19-14-9-12(15(14)18-4)16-11-6-7-13(17-3)10(2)8-11/h6-8,12,14-16H,5,9H2,1-4H3. The first-order valence-electron chi connectivity index (χ1n) is 6.75. The average Bonchev–Trinajstić information content (AvgIpc) is 2.38. The molecule has 4 heteroatoms. The van der Waals surface area contributed by atoms with Crippen LogP contribution >= 0.6 is 0 Å². The number of methoxy groups -OCH3 is 2. The van der Waals surface area contributed by atoms with Gasteiger partial charge in [-0.05, 0) is 44.0 Å². The highest BCUT2D eigenvalue weighted by Crippen LogP contribution is 2.31. The summed E-state index contributed by atoms with van der Waals surface area (Å²) < 4.78 is 16.4. The van der Waals surface area contributed by atoms with E-state index in [9.17, 15) is 0 Å². The van der Waals surface area contributed by atoms with Gasteiger partial charge in [0.1, 0.15) is 11.9 Å². The van der Waals surface area contributed by atoms with E-state index in [2.05, 4.69) is 11.4 Å². The van der Waals surface area contributed by atoms with Crippen molar-refractivity contribution in [1.82, 2.24) is 0 Å². The normalized spacial score (nSPS) is 25.8. The van der Waals surface area contributed by atoms with Gasteiger partial charge in [-0.15, -0.1) is 0 Å². The van der Waals surface area contributed by atoms with E-state index >= 15 is 0 Å². The maximum atomic E-state index is 5.62. The van der Waals surface area contributed by atoms with Gasteiger partial charge < -0.3 is 19.5 Å². The minimum absolute atomic E-state index is 0.127. The van der Waals surface area contributed by atoms with Crippen LogP contribution < -0.4 is 10.1 Å². The van der Waals surface area contributed by atoms with Gasteiger partial charge in [-0.3, -0.25) is 0 Å². The molecule has 3 atom stereocenters. The number of ether oxygens (including phenoxy) is 3. The molecule has 0 amide bonds. The van der Waals surface area contributed by atoms with Crippen LogP contribution in [0.4, 0.5) is 5.69 Å². The number of nitrogens with one attached hydrogen (secondary N) is 1. The first-order chi connectivity index (χ1) is 9.19. The molecule has 3 unspecified atom stereocenters. The van der Waals surface area contributed by atoms with Crippen molar-refractivity contribution in [3.8, 4) is 5.75 Å². The molecule has 0 bridgehead atoms. The molecular formula is C15H23NO3. The number of rotatable bonds is 6. The van der Waals surface area contributed by atoms with Crippen LogP contribution in [0.15, 0.2) is 18.2 Å². The molecule has 0 saturated heterocycles. The zero-order chi connectivity index (χ0) is 13.8. The van der Waals surface area contributed by atoms with E-state index in [0.29, 0.717) is 6.04 Å². The lowest BCUT2D eigenvalue weighted by Gasteiger charge is -2.43. The first-order valence-corrected chi connectivity index (χ1v) is 6.75. The van der Waals surface area contributed by atoms with Crippen molar-refractivity contribution in [3.05, 3.63) is 23.8 Å². The Bertz CT molecular complexity index is 422. The van der Waals surface area contributed by atoms with Gasteiger partial charge in [0, 0.05) is 19.4 Å². The zero-order valence-electron chi connectivity index (χ0n) is 12.1. The topological polar surface area (TPSA) is 39.7 Å². The summed E-state index contributed by atoms with van der Waals surface area (Å²) in [4.78, 5) is 0. The Balaban J connectivity index is 1.96. The molecule has 1 saturated carbocycles. The van der Waals surface area contributed by atoms with E-state index in [1.165, 1.54) is 0 Å². The molecule has 0 spiro atoms. The van der Waals surface area contributed by atoms with Gasteiger partial charge in [0.15, 0.2) is 0 Å². The van der Waals surface area contributed by atoms with Crippen molar-refractivity contribution in [3.63, 3.8) is 0 Å². The largest absolute Gasteiger partial charge is 0.496 e. The lowest BCUT2D eigenvalue weighted by Crippen LogP contribution is -2.56. The Morgan fingerprint density at radius 2 is 2.11 bits per heavy atom. The van der Waals surface area contributed by atoms with Crippen molar-refractivity contribution in [2.75, 3.05) is 26.1 Å².